The molecule has 0 saturated carbocycles. The van der Waals surface area contributed by atoms with Crippen LogP contribution >= 0.6 is 39.1 Å². The molecule has 0 aliphatic heterocycles. The van der Waals surface area contributed by atoms with Crippen LogP contribution in [0, 0.1) is 0 Å². The monoisotopic (exact) mass is 474 g/mol. The highest BCUT2D eigenvalue weighted by Gasteiger charge is 2.24. The first-order chi connectivity index (χ1) is 11.6. The van der Waals surface area contributed by atoms with Crippen LogP contribution < -0.4 is 10.0 Å². The minimum Gasteiger partial charge on any atom is -0.452 e. The van der Waals surface area contributed by atoms with E-state index < -0.39 is 34.5 Å². The average Bonchev–Trinajstić information content (AvgIpc) is 2.49. The number of ether oxygens (including phenoxy) is 1. The Morgan fingerprint density at radius 2 is 1.84 bits per heavy atom. The highest BCUT2D eigenvalue weighted by molar-refractivity contribution is 9.10. The molecule has 2 N–H and O–H groups in total. The van der Waals surface area contributed by atoms with Crippen LogP contribution in [0.15, 0.2) is 21.5 Å². The smallest absolute Gasteiger partial charge is 0.321 e. The number of nitrogens with one attached hydrogen (secondary N) is 2. The maximum absolute atomic E-state index is 12.3. The van der Waals surface area contributed by atoms with Crippen LogP contribution in [0.1, 0.15) is 20.3 Å². The number of benzene rings is 1. The van der Waals surface area contributed by atoms with Crippen molar-refractivity contribution in [1.82, 2.24) is 10.0 Å². The van der Waals surface area contributed by atoms with Gasteiger partial charge in [-0.2, -0.15) is 4.72 Å². The molecular formula is C14H17BrCl2N2O5S. The third-order valence-electron chi connectivity index (χ3n) is 2.86. The van der Waals surface area contributed by atoms with Gasteiger partial charge in [0, 0.05) is 11.0 Å². The Labute approximate surface area is 164 Å². The van der Waals surface area contributed by atoms with Crippen LogP contribution in [0.5, 0.6) is 0 Å². The van der Waals surface area contributed by atoms with Crippen LogP contribution in [0.2, 0.25) is 10.0 Å². The van der Waals surface area contributed by atoms with E-state index in [1.807, 2.05) is 11.6 Å². The van der Waals surface area contributed by atoms with Crippen molar-refractivity contribution >= 4 is 61.0 Å². The highest BCUT2D eigenvalue weighted by Crippen LogP contribution is 2.32. The molecule has 1 aromatic rings. The van der Waals surface area contributed by atoms with Crippen molar-refractivity contribution in [1.29, 1.82) is 0 Å². The Kier molecular flexibility index (Phi) is 8.62. The molecule has 1 aromatic carbocycles. The van der Waals surface area contributed by atoms with Gasteiger partial charge in [-0.25, -0.2) is 8.42 Å². The average molecular weight is 476 g/mol. The summed E-state index contributed by atoms with van der Waals surface area (Å²) in [5, 5.41) is 2.35. The molecule has 1 amide bonds. The lowest BCUT2D eigenvalue weighted by molar-refractivity contribution is -0.153. The van der Waals surface area contributed by atoms with Gasteiger partial charge in [-0.3, -0.25) is 9.59 Å². The van der Waals surface area contributed by atoms with Crippen molar-refractivity contribution in [3.05, 3.63) is 26.7 Å². The fourth-order valence-electron chi connectivity index (χ4n) is 1.70. The summed E-state index contributed by atoms with van der Waals surface area (Å²) < 4.78 is 32.0. The van der Waals surface area contributed by atoms with Gasteiger partial charge < -0.3 is 10.1 Å². The quantitative estimate of drug-likeness (QED) is 0.562. The molecule has 0 saturated heterocycles. The number of halogens is 3. The van der Waals surface area contributed by atoms with E-state index in [9.17, 15) is 18.0 Å². The first kappa shape index (κ1) is 22.2. The normalized spacial score (nSPS) is 12.5. The van der Waals surface area contributed by atoms with E-state index in [0.29, 0.717) is 11.0 Å². The summed E-state index contributed by atoms with van der Waals surface area (Å²) in [7, 11) is -4.14. The maximum Gasteiger partial charge on any atom is 0.321 e. The molecule has 25 heavy (non-hydrogen) atoms. The van der Waals surface area contributed by atoms with Crippen LogP contribution in [0.3, 0.4) is 0 Å². The van der Waals surface area contributed by atoms with E-state index in [1.54, 1.807) is 0 Å². The van der Waals surface area contributed by atoms with Crippen LogP contribution in [-0.4, -0.2) is 39.5 Å². The molecule has 0 aliphatic carbocycles. The lowest BCUT2D eigenvalue weighted by Gasteiger charge is -2.14. The van der Waals surface area contributed by atoms with E-state index >= 15 is 0 Å². The molecule has 0 spiro atoms. The largest absolute Gasteiger partial charge is 0.452 e. The molecule has 0 aromatic heterocycles. The van der Waals surface area contributed by atoms with E-state index in [-0.39, 0.29) is 14.9 Å². The second kappa shape index (κ2) is 9.72. The molecule has 0 heterocycles. The van der Waals surface area contributed by atoms with E-state index in [2.05, 4.69) is 21.2 Å². The molecule has 1 rings (SSSR count). The standard InChI is InChI=1S/C14H17BrCl2N2O5S/c1-3-4-18-14(21)8(2)24-12(20)7-19-25(22,23)13-10(16)5-9(15)6-11(13)17/h5-6,8,19H,3-4,7H2,1-2H3,(H,18,21)/t8-/m0/s1. The molecule has 7 nitrogen and oxygen atoms in total. The second-order valence-electron chi connectivity index (χ2n) is 4.95. The van der Waals surface area contributed by atoms with Gasteiger partial charge in [0.25, 0.3) is 5.91 Å². The number of hydrogen-bond donors (Lipinski definition) is 2. The van der Waals surface area contributed by atoms with Gasteiger partial charge in [0.15, 0.2) is 6.10 Å². The summed E-state index contributed by atoms with van der Waals surface area (Å²) in [5.41, 5.74) is 0. The second-order valence-corrected chi connectivity index (χ2v) is 8.38. The molecule has 0 bridgehead atoms. The molecule has 0 unspecified atom stereocenters. The molecular weight excluding hydrogens is 459 g/mol. The summed E-state index contributed by atoms with van der Waals surface area (Å²) in [6.45, 7) is 3.05. The number of rotatable bonds is 8. The Balaban J connectivity index is 2.71. The van der Waals surface area contributed by atoms with Crippen molar-refractivity contribution in [3.8, 4) is 0 Å². The number of carbonyl (C=O) groups is 2. The summed E-state index contributed by atoms with van der Waals surface area (Å²) in [5.74, 6) is -1.37. The fraction of sp³-hybridized carbons (Fsp3) is 0.429. The predicted octanol–water partition coefficient (Wildman–Crippen LogP) is 2.49. The molecule has 140 valence electrons. The Bertz CT molecular complexity index is 735. The van der Waals surface area contributed by atoms with Crippen molar-refractivity contribution in [3.63, 3.8) is 0 Å². The third-order valence-corrected chi connectivity index (χ3v) is 5.64. The van der Waals surface area contributed by atoms with Gasteiger partial charge >= 0.3 is 5.97 Å². The van der Waals surface area contributed by atoms with Crippen molar-refractivity contribution in [2.45, 2.75) is 31.3 Å². The van der Waals surface area contributed by atoms with Crippen LogP contribution in [0.25, 0.3) is 0 Å². The van der Waals surface area contributed by atoms with Crippen molar-refractivity contribution < 1.29 is 22.7 Å². The van der Waals surface area contributed by atoms with Gasteiger partial charge in [-0.1, -0.05) is 46.1 Å². The van der Waals surface area contributed by atoms with E-state index in [0.717, 1.165) is 6.42 Å². The number of sulfonamides is 1. The first-order valence-corrected chi connectivity index (χ1v) is 10.2. The first-order valence-electron chi connectivity index (χ1n) is 7.20. The van der Waals surface area contributed by atoms with Crippen LogP contribution in [-0.2, 0) is 24.3 Å². The Morgan fingerprint density at radius 1 is 1.28 bits per heavy atom. The topological polar surface area (TPSA) is 102 Å². The number of esters is 1. The molecule has 1 atom stereocenters. The molecule has 0 fully saturated rings. The van der Waals surface area contributed by atoms with Gasteiger partial charge in [0.1, 0.15) is 11.4 Å². The van der Waals surface area contributed by atoms with Crippen molar-refractivity contribution in [2.24, 2.45) is 0 Å². The lowest BCUT2D eigenvalue weighted by atomic mass is 10.3. The zero-order valence-electron chi connectivity index (χ0n) is 13.4. The van der Waals surface area contributed by atoms with Gasteiger partial charge in [-0.05, 0) is 25.5 Å². The summed E-state index contributed by atoms with van der Waals surface area (Å²) >= 11 is 15.0. The van der Waals surface area contributed by atoms with E-state index in [4.69, 9.17) is 27.9 Å². The zero-order valence-corrected chi connectivity index (χ0v) is 17.4. The van der Waals surface area contributed by atoms with E-state index in [1.165, 1.54) is 19.1 Å². The fourth-order valence-corrected chi connectivity index (χ4v) is 4.60. The number of carbonyl (C=O) groups excluding carboxylic acids is 2. The summed E-state index contributed by atoms with van der Waals surface area (Å²) in [4.78, 5) is 23.0. The number of hydrogen-bond acceptors (Lipinski definition) is 5. The maximum atomic E-state index is 12.3. The summed E-state index contributed by atoms with van der Waals surface area (Å²) in [6.07, 6.45) is -0.301. The Morgan fingerprint density at radius 3 is 2.36 bits per heavy atom. The SMILES string of the molecule is CCCNC(=O)[C@H](C)OC(=O)CNS(=O)(=O)c1c(Cl)cc(Br)cc1Cl. The molecule has 0 aliphatic rings. The summed E-state index contributed by atoms with van der Waals surface area (Å²) in [6, 6.07) is 2.72. The highest BCUT2D eigenvalue weighted by atomic mass is 79.9. The lowest BCUT2D eigenvalue weighted by Crippen LogP contribution is -2.39. The third kappa shape index (κ3) is 6.74. The predicted molar refractivity (Wildman–Crippen MR) is 98.2 cm³/mol. The minimum atomic E-state index is -4.14. The zero-order chi connectivity index (χ0) is 19.2. The van der Waals surface area contributed by atoms with Crippen molar-refractivity contribution in [2.75, 3.05) is 13.1 Å². The van der Waals surface area contributed by atoms with Gasteiger partial charge in [0.05, 0.1) is 10.0 Å². The molecule has 11 heteroatoms. The van der Waals surface area contributed by atoms with Crippen LogP contribution in [0.4, 0.5) is 0 Å². The van der Waals surface area contributed by atoms with Gasteiger partial charge in [-0.15, -0.1) is 0 Å². The molecule has 0 radical (unpaired) electrons. The van der Waals surface area contributed by atoms with Gasteiger partial charge in [0.2, 0.25) is 10.0 Å². The Hall–Kier alpha value is -0.870. The minimum absolute atomic E-state index is 0.104. The number of amides is 1.